The van der Waals surface area contributed by atoms with E-state index in [-0.39, 0.29) is 47.8 Å². The van der Waals surface area contributed by atoms with E-state index in [1.807, 2.05) is 6.92 Å². The molecular formula is C17H32N2O4S. The Kier molecular flexibility index (Phi) is 5.55. The molecule has 1 saturated heterocycles. The van der Waals surface area contributed by atoms with Gasteiger partial charge in [0.15, 0.2) is 9.84 Å². The summed E-state index contributed by atoms with van der Waals surface area (Å²) in [6, 6.07) is -0.400. The maximum absolute atomic E-state index is 12.8. The minimum absolute atomic E-state index is 0.0411. The quantitative estimate of drug-likeness (QED) is 0.832. The third-order valence-electron chi connectivity index (χ3n) is 6.65. The smallest absolute Gasteiger partial charge is 0.317 e. The van der Waals surface area contributed by atoms with Gasteiger partial charge in [-0.1, -0.05) is 20.8 Å². The number of urea groups is 1. The molecule has 7 heteroatoms. The highest BCUT2D eigenvalue weighted by Gasteiger charge is 2.59. The lowest BCUT2D eigenvalue weighted by molar-refractivity contribution is -0.164. The fraction of sp³-hybridized carbons (Fsp3) is 0.941. The van der Waals surface area contributed by atoms with Crippen molar-refractivity contribution in [1.29, 1.82) is 0 Å². The van der Waals surface area contributed by atoms with Gasteiger partial charge in [0.2, 0.25) is 0 Å². The van der Waals surface area contributed by atoms with Crippen molar-refractivity contribution in [2.45, 2.75) is 70.9 Å². The van der Waals surface area contributed by atoms with Gasteiger partial charge in [0.25, 0.3) is 0 Å². The van der Waals surface area contributed by atoms with Crippen LogP contribution in [-0.2, 0) is 14.6 Å². The van der Waals surface area contributed by atoms with Crippen LogP contribution in [0.5, 0.6) is 0 Å². The number of nitrogens with one attached hydrogen (secondary N) is 1. The Labute approximate surface area is 146 Å². The molecule has 0 spiro atoms. The van der Waals surface area contributed by atoms with E-state index in [2.05, 4.69) is 26.1 Å². The second kappa shape index (κ2) is 6.83. The maximum Gasteiger partial charge on any atom is 0.317 e. The van der Waals surface area contributed by atoms with Crippen LogP contribution in [0.15, 0.2) is 0 Å². The highest BCUT2D eigenvalue weighted by molar-refractivity contribution is 7.92. The van der Waals surface area contributed by atoms with Crippen LogP contribution in [-0.4, -0.2) is 62.2 Å². The van der Waals surface area contributed by atoms with Crippen molar-refractivity contribution < 1.29 is 17.9 Å². The van der Waals surface area contributed by atoms with Crippen LogP contribution < -0.4 is 5.32 Å². The molecule has 1 saturated carbocycles. The highest BCUT2D eigenvalue weighted by atomic mass is 32.2. The number of hydrogen-bond donors (Lipinski definition) is 1. The second-order valence-electron chi connectivity index (χ2n) is 7.39. The first-order valence-electron chi connectivity index (χ1n) is 8.97. The molecule has 0 unspecified atom stereocenters. The van der Waals surface area contributed by atoms with Crippen molar-refractivity contribution >= 4 is 15.9 Å². The van der Waals surface area contributed by atoms with Gasteiger partial charge >= 0.3 is 6.03 Å². The van der Waals surface area contributed by atoms with E-state index in [0.717, 1.165) is 12.8 Å². The molecule has 2 rings (SSSR count). The molecule has 1 aliphatic heterocycles. The van der Waals surface area contributed by atoms with Gasteiger partial charge in [-0.15, -0.1) is 0 Å². The van der Waals surface area contributed by atoms with E-state index >= 15 is 0 Å². The minimum Gasteiger partial charge on any atom is -0.380 e. The predicted octanol–water partition coefficient (Wildman–Crippen LogP) is 2.04. The molecule has 0 aromatic heterocycles. The van der Waals surface area contributed by atoms with Gasteiger partial charge in [0.05, 0.1) is 17.1 Å². The molecule has 1 aliphatic carbocycles. The van der Waals surface area contributed by atoms with Crippen LogP contribution in [0.25, 0.3) is 0 Å². The monoisotopic (exact) mass is 360 g/mol. The summed E-state index contributed by atoms with van der Waals surface area (Å²) in [7, 11) is -1.36. The molecule has 0 aromatic rings. The van der Waals surface area contributed by atoms with Gasteiger partial charge in [0.1, 0.15) is 0 Å². The number of rotatable bonds is 4. The van der Waals surface area contributed by atoms with E-state index in [4.69, 9.17) is 4.74 Å². The van der Waals surface area contributed by atoms with Gasteiger partial charge in [-0.3, -0.25) is 0 Å². The molecule has 24 heavy (non-hydrogen) atoms. The summed E-state index contributed by atoms with van der Waals surface area (Å²) in [4.78, 5) is 14.5. The van der Waals surface area contributed by atoms with Gasteiger partial charge in [-0.25, -0.2) is 13.2 Å². The molecule has 2 fully saturated rings. The average molecular weight is 361 g/mol. The Hall–Kier alpha value is -0.820. The second-order valence-corrected chi connectivity index (χ2v) is 9.87. The molecule has 0 aromatic carbocycles. The van der Waals surface area contributed by atoms with Gasteiger partial charge < -0.3 is 15.0 Å². The van der Waals surface area contributed by atoms with E-state index in [1.165, 1.54) is 0 Å². The van der Waals surface area contributed by atoms with Crippen LogP contribution in [0.1, 0.15) is 47.5 Å². The summed E-state index contributed by atoms with van der Waals surface area (Å²) in [5, 5.41) is 2.66. The molecule has 6 nitrogen and oxygen atoms in total. The fourth-order valence-electron chi connectivity index (χ4n) is 4.77. The van der Waals surface area contributed by atoms with Gasteiger partial charge in [0, 0.05) is 37.1 Å². The van der Waals surface area contributed by atoms with Crippen LogP contribution in [0.2, 0.25) is 0 Å². The lowest BCUT2D eigenvalue weighted by Crippen LogP contribution is -2.71. The van der Waals surface area contributed by atoms with Crippen molar-refractivity contribution in [3.63, 3.8) is 0 Å². The highest BCUT2D eigenvalue weighted by Crippen LogP contribution is 2.52. The first-order chi connectivity index (χ1) is 11.2. The summed E-state index contributed by atoms with van der Waals surface area (Å²) < 4.78 is 29.7. The molecule has 2 aliphatic rings. The van der Waals surface area contributed by atoms with Crippen LogP contribution >= 0.6 is 0 Å². The number of methoxy groups -OCH3 is 1. The van der Waals surface area contributed by atoms with Gasteiger partial charge in [-0.2, -0.15) is 0 Å². The normalized spacial score (nSPS) is 37.6. The number of nitrogens with zero attached hydrogens (tertiary/aromatic N) is 1. The first-order valence-corrected chi connectivity index (χ1v) is 10.7. The molecule has 0 bridgehead atoms. The Bertz CT molecular complexity index is 573. The minimum atomic E-state index is -3.09. The fourth-order valence-corrected chi connectivity index (χ4v) is 6.34. The van der Waals surface area contributed by atoms with Crippen molar-refractivity contribution in [3.8, 4) is 0 Å². The molecule has 140 valence electrons. The van der Waals surface area contributed by atoms with Crippen molar-refractivity contribution in [3.05, 3.63) is 0 Å². The van der Waals surface area contributed by atoms with E-state index in [1.54, 1.807) is 18.9 Å². The molecule has 0 radical (unpaired) electrons. The number of ether oxygens (including phenoxy) is 1. The zero-order valence-electron chi connectivity index (χ0n) is 15.7. The van der Waals surface area contributed by atoms with E-state index < -0.39 is 15.1 Å². The summed E-state index contributed by atoms with van der Waals surface area (Å²) in [6.45, 7) is 10.2. The average Bonchev–Trinajstić information content (AvgIpc) is 2.55. The van der Waals surface area contributed by atoms with Crippen molar-refractivity contribution in [2.24, 2.45) is 11.3 Å². The molecule has 1 N–H and O–H groups in total. The standard InChI is InChI=1S/C17H32N2O4S/c1-7-17(8-2)14(11(3)15(17)23-6)18-16(20)19-9-10-24(21,22)13(5)12(19)4/h11-15H,7-10H2,1-6H3,(H,18,20)/t11-,12-,13+,14+,15+/m0/s1. The number of carbonyl (C=O) groups is 1. The Morgan fingerprint density at radius 2 is 1.83 bits per heavy atom. The van der Waals surface area contributed by atoms with Gasteiger partial charge in [-0.05, 0) is 26.7 Å². The van der Waals surface area contributed by atoms with E-state index in [0.29, 0.717) is 0 Å². The topological polar surface area (TPSA) is 75.7 Å². The molecule has 2 amide bonds. The molecule has 1 heterocycles. The Balaban J connectivity index is 2.12. The summed E-state index contributed by atoms with van der Waals surface area (Å²) in [6.07, 6.45) is 2.03. The van der Waals surface area contributed by atoms with Crippen LogP contribution in [0.3, 0.4) is 0 Å². The number of hydrogen-bond acceptors (Lipinski definition) is 4. The van der Waals surface area contributed by atoms with Crippen LogP contribution in [0, 0.1) is 11.3 Å². The molecular weight excluding hydrogens is 328 g/mol. The maximum atomic E-state index is 12.8. The Morgan fingerprint density at radius 3 is 2.33 bits per heavy atom. The number of amides is 2. The SMILES string of the molecule is CCC1(CC)[C@H](NC(=O)N2CCS(=O)(=O)[C@H](C)[C@@H]2C)[C@H](C)[C@H]1OC. The lowest BCUT2D eigenvalue weighted by Gasteiger charge is -2.60. The zero-order valence-corrected chi connectivity index (χ0v) is 16.5. The molecule has 5 atom stereocenters. The summed E-state index contributed by atoms with van der Waals surface area (Å²) >= 11 is 0. The zero-order chi connectivity index (χ0) is 18.3. The Morgan fingerprint density at radius 1 is 1.25 bits per heavy atom. The number of sulfone groups is 1. The number of carbonyl (C=O) groups excluding carboxylic acids is 1. The van der Waals surface area contributed by atoms with Crippen LogP contribution in [0.4, 0.5) is 4.79 Å². The summed E-state index contributed by atoms with van der Waals surface area (Å²) in [5.41, 5.74) is -0.0411. The predicted molar refractivity (Wildman–Crippen MR) is 94.7 cm³/mol. The third-order valence-corrected chi connectivity index (χ3v) is 8.93. The summed E-state index contributed by atoms with van der Waals surface area (Å²) in [5.74, 6) is 0.291. The third kappa shape index (κ3) is 2.83. The van der Waals surface area contributed by atoms with E-state index in [9.17, 15) is 13.2 Å². The van der Waals surface area contributed by atoms with Crippen molar-refractivity contribution in [2.75, 3.05) is 19.4 Å². The lowest BCUT2D eigenvalue weighted by atomic mass is 9.53. The largest absolute Gasteiger partial charge is 0.380 e. The van der Waals surface area contributed by atoms with Crippen molar-refractivity contribution in [1.82, 2.24) is 10.2 Å². The first kappa shape index (κ1) is 19.5.